The fourth-order valence-electron chi connectivity index (χ4n) is 3.09. The van der Waals surface area contributed by atoms with Gasteiger partial charge in [0.2, 0.25) is 0 Å². The molecule has 3 rings (SSSR count). The van der Waals surface area contributed by atoms with Crippen molar-refractivity contribution in [2.75, 3.05) is 23.8 Å². The van der Waals surface area contributed by atoms with Gasteiger partial charge in [0, 0.05) is 19.3 Å². The maximum Gasteiger partial charge on any atom is 0.416 e. The van der Waals surface area contributed by atoms with E-state index in [0.717, 1.165) is 18.4 Å². The standard InChI is InChI=1S/C15H19F3N6/c1-9-7-10-12(19-14-20-22-24(3)21-14)5-4-6-23(2)13(10)8-11(9)15(16,17)18/h7-8,12H,4-6H2,1-3H3,(H,19,21). The highest BCUT2D eigenvalue weighted by Crippen LogP contribution is 2.40. The smallest absolute Gasteiger partial charge is 0.374 e. The number of hydrogen-bond donors (Lipinski definition) is 1. The van der Waals surface area contributed by atoms with Crippen LogP contribution in [0.1, 0.15) is 35.6 Å². The Morgan fingerprint density at radius 2 is 2.00 bits per heavy atom. The predicted molar refractivity (Wildman–Crippen MR) is 83.8 cm³/mol. The summed E-state index contributed by atoms with van der Waals surface area (Å²) in [4.78, 5) is 3.21. The highest BCUT2D eigenvalue weighted by Gasteiger charge is 2.35. The Bertz CT molecular complexity index is 739. The van der Waals surface area contributed by atoms with Gasteiger partial charge in [-0.3, -0.25) is 0 Å². The van der Waals surface area contributed by atoms with E-state index in [-0.39, 0.29) is 11.6 Å². The molecule has 0 radical (unpaired) electrons. The number of tetrazole rings is 1. The Balaban J connectivity index is 2.03. The van der Waals surface area contributed by atoms with Crippen molar-refractivity contribution in [2.45, 2.75) is 32.0 Å². The highest BCUT2D eigenvalue weighted by atomic mass is 19.4. The van der Waals surface area contributed by atoms with Crippen molar-refractivity contribution < 1.29 is 13.2 Å². The lowest BCUT2D eigenvalue weighted by Gasteiger charge is -2.24. The first-order chi connectivity index (χ1) is 11.3. The molecular weight excluding hydrogens is 321 g/mol. The third-order valence-corrected chi connectivity index (χ3v) is 4.26. The van der Waals surface area contributed by atoms with Gasteiger partial charge in [0.1, 0.15) is 0 Å². The summed E-state index contributed by atoms with van der Waals surface area (Å²) in [5.41, 5.74) is 1.04. The first kappa shape index (κ1) is 16.5. The van der Waals surface area contributed by atoms with Crippen LogP contribution in [-0.4, -0.2) is 33.8 Å². The third-order valence-electron chi connectivity index (χ3n) is 4.26. The topological polar surface area (TPSA) is 58.9 Å². The summed E-state index contributed by atoms with van der Waals surface area (Å²) in [7, 11) is 3.48. The molecule has 1 aliphatic heterocycles. The van der Waals surface area contributed by atoms with Gasteiger partial charge in [0.25, 0.3) is 5.95 Å². The van der Waals surface area contributed by atoms with Crippen molar-refractivity contribution in [2.24, 2.45) is 7.05 Å². The quantitative estimate of drug-likeness (QED) is 0.911. The van der Waals surface area contributed by atoms with Crippen LogP contribution in [0.3, 0.4) is 0 Å². The van der Waals surface area contributed by atoms with Crippen molar-refractivity contribution in [1.29, 1.82) is 0 Å². The van der Waals surface area contributed by atoms with Crippen molar-refractivity contribution in [1.82, 2.24) is 20.2 Å². The van der Waals surface area contributed by atoms with Gasteiger partial charge in [0.15, 0.2) is 0 Å². The number of anilines is 2. The van der Waals surface area contributed by atoms with Gasteiger partial charge in [0.05, 0.1) is 18.7 Å². The van der Waals surface area contributed by atoms with Crippen LogP contribution >= 0.6 is 0 Å². The molecule has 0 fully saturated rings. The largest absolute Gasteiger partial charge is 0.416 e. The van der Waals surface area contributed by atoms with Gasteiger partial charge in [-0.25, -0.2) is 0 Å². The van der Waals surface area contributed by atoms with E-state index in [9.17, 15) is 13.2 Å². The van der Waals surface area contributed by atoms with Gasteiger partial charge in [-0.15, -0.1) is 5.10 Å². The van der Waals surface area contributed by atoms with Crippen molar-refractivity contribution in [3.8, 4) is 0 Å². The van der Waals surface area contributed by atoms with Gasteiger partial charge >= 0.3 is 6.18 Å². The lowest BCUT2D eigenvalue weighted by atomic mass is 9.96. The summed E-state index contributed by atoms with van der Waals surface area (Å²) in [6.45, 7) is 2.19. The zero-order chi connectivity index (χ0) is 17.5. The number of aryl methyl sites for hydroxylation is 2. The van der Waals surface area contributed by atoms with Crippen LogP contribution in [0.2, 0.25) is 0 Å². The molecule has 1 aliphatic rings. The predicted octanol–water partition coefficient (Wildman–Crippen LogP) is 2.92. The Labute approximate surface area is 137 Å². The molecule has 9 heteroatoms. The third kappa shape index (κ3) is 3.15. The molecule has 1 N–H and O–H groups in total. The van der Waals surface area contributed by atoms with Crippen LogP contribution in [0.5, 0.6) is 0 Å². The second-order valence-corrected chi connectivity index (χ2v) is 6.09. The van der Waals surface area contributed by atoms with E-state index in [1.54, 1.807) is 13.1 Å². The van der Waals surface area contributed by atoms with E-state index >= 15 is 0 Å². The summed E-state index contributed by atoms with van der Waals surface area (Å²) in [6.07, 6.45) is -2.73. The van der Waals surface area contributed by atoms with E-state index in [2.05, 4.69) is 20.7 Å². The second-order valence-electron chi connectivity index (χ2n) is 6.09. The van der Waals surface area contributed by atoms with Crippen molar-refractivity contribution in [3.05, 3.63) is 28.8 Å². The van der Waals surface area contributed by atoms with Gasteiger partial charge in [-0.05, 0) is 42.2 Å². The first-order valence-corrected chi connectivity index (χ1v) is 7.69. The summed E-state index contributed by atoms with van der Waals surface area (Å²) >= 11 is 0. The molecule has 0 aliphatic carbocycles. The number of benzene rings is 1. The van der Waals surface area contributed by atoms with E-state index in [1.165, 1.54) is 17.8 Å². The number of aromatic nitrogens is 4. The number of halogens is 3. The van der Waals surface area contributed by atoms with E-state index in [4.69, 9.17) is 0 Å². The average molecular weight is 340 g/mol. The molecule has 2 heterocycles. The molecule has 1 aromatic heterocycles. The molecule has 1 atom stereocenters. The van der Waals surface area contributed by atoms with Crippen LogP contribution in [0.15, 0.2) is 12.1 Å². The summed E-state index contributed by atoms with van der Waals surface area (Å²) in [5, 5.41) is 15.0. The molecule has 130 valence electrons. The molecule has 6 nitrogen and oxygen atoms in total. The van der Waals surface area contributed by atoms with E-state index in [0.29, 0.717) is 18.2 Å². The Hall–Kier alpha value is -2.32. The average Bonchev–Trinajstić information content (AvgIpc) is 2.83. The molecule has 1 unspecified atom stereocenters. The number of nitrogens with zero attached hydrogens (tertiary/aromatic N) is 5. The van der Waals surface area contributed by atoms with Crippen LogP contribution in [0.25, 0.3) is 0 Å². The van der Waals surface area contributed by atoms with Crippen LogP contribution in [0.4, 0.5) is 24.8 Å². The molecule has 0 saturated heterocycles. The SMILES string of the molecule is Cc1cc2c(cc1C(F)(F)F)N(C)CCCC2Nc1nnn(C)n1. The molecule has 0 spiro atoms. The fraction of sp³-hybridized carbons (Fsp3) is 0.533. The molecule has 0 amide bonds. The van der Waals surface area contributed by atoms with Crippen LogP contribution in [-0.2, 0) is 13.2 Å². The maximum atomic E-state index is 13.2. The number of rotatable bonds is 2. The Morgan fingerprint density at radius 3 is 2.62 bits per heavy atom. The molecule has 0 saturated carbocycles. The zero-order valence-electron chi connectivity index (χ0n) is 13.7. The van der Waals surface area contributed by atoms with Crippen LogP contribution < -0.4 is 10.2 Å². The lowest BCUT2D eigenvalue weighted by molar-refractivity contribution is -0.138. The van der Waals surface area contributed by atoms with Gasteiger partial charge < -0.3 is 10.2 Å². The molecule has 0 bridgehead atoms. The summed E-state index contributed by atoms with van der Waals surface area (Å²) < 4.78 is 39.7. The Morgan fingerprint density at radius 1 is 1.25 bits per heavy atom. The minimum absolute atomic E-state index is 0.157. The number of nitrogens with one attached hydrogen (secondary N) is 1. The second kappa shape index (κ2) is 5.95. The fourth-order valence-corrected chi connectivity index (χ4v) is 3.09. The number of alkyl halides is 3. The van der Waals surface area contributed by atoms with Gasteiger partial charge in [-0.2, -0.15) is 18.0 Å². The normalized spacial score (nSPS) is 18.2. The monoisotopic (exact) mass is 340 g/mol. The van der Waals surface area contributed by atoms with E-state index < -0.39 is 11.7 Å². The minimum Gasteiger partial charge on any atom is -0.374 e. The van der Waals surface area contributed by atoms with E-state index in [1.807, 2.05) is 11.9 Å². The molecule has 2 aromatic rings. The van der Waals surface area contributed by atoms with Crippen molar-refractivity contribution in [3.63, 3.8) is 0 Å². The minimum atomic E-state index is -4.36. The van der Waals surface area contributed by atoms with Gasteiger partial charge in [-0.1, -0.05) is 11.2 Å². The maximum absolute atomic E-state index is 13.2. The first-order valence-electron chi connectivity index (χ1n) is 7.69. The number of fused-ring (bicyclic) bond motifs is 1. The molecular formula is C15H19F3N6. The molecule has 24 heavy (non-hydrogen) atoms. The Kier molecular flexibility index (Phi) is 4.10. The zero-order valence-corrected chi connectivity index (χ0v) is 13.7. The lowest BCUT2D eigenvalue weighted by Crippen LogP contribution is -2.20. The van der Waals surface area contributed by atoms with Crippen LogP contribution in [0, 0.1) is 6.92 Å². The summed E-state index contributed by atoms with van der Waals surface area (Å²) in [6, 6.07) is 2.71. The highest BCUT2D eigenvalue weighted by molar-refractivity contribution is 5.60. The van der Waals surface area contributed by atoms with Crippen molar-refractivity contribution >= 4 is 11.6 Å². The summed E-state index contributed by atoms with van der Waals surface area (Å²) in [5.74, 6) is 0.371. The molecule has 1 aromatic carbocycles. The number of hydrogen-bond acceptors (Lipinski definition) is 5.